The maximum absolute atomic E-state index is 14.4. The Bertz CT molecular complexity index is 1690. The minimum Gasteiger partial charge on any atom is -0.354 e. The number of nitrogens with zero attached hydrogens (tertiary/aromatic N) is 2. The van der Waals surface area contributed by atoms with Gasteiger partial charge in [-0.3, -0.25) is 13.9 Å². The molecule has 1 atom stereocenters. The molecule has 236 valence electrons. The van der Waals surface area contributed by atoms with Gasteiger partial charge in [0.25, 0.3) is 10.0 Å². The fourth-order valence-corrected chi connectivity index (χ4v) is 6.34. The maximum Gasteiger partial charge on any atom is 0.264 e. The number of amides is 2. The molecule has 0 aliphatic heterocycles. The number of carbonyl (C=O) groups excluding carboxylic acids is 2. The Labute approximate surface area is 267 Å². The van der Waals surface area contributed by atoms with Crippen LogP contribution < -0.4 is 9.62 Å². The highest BCUT2D eigenvalue weighted by Gasteiger charge is 2.34. The molecule has 1 unspecified atom stereocenters. The van der Waals surface area contributed by atoms with Gasteiger partial charge in [-0.05, 0) is 60.0 Å². The van der Waals surface area contributed by atoms with Crippen LogP contribution in [0.15, 0.2) is 108 Å². The first-order chi connectivity index (χ1) is 21.6. The lowest BCUT2D eigenvalue weighted by atomic mass is 10.0. The number of halogens is 3. The van der Waals surface area contributed by atoms with Crippen molar-refractivity contribution in [1.29, 1.82) is 0 Å². The molecule has 4 aromatic carbocycles. The largest absolute Gasteiger partial charge is 0.354 e. The van der Waals surface area contributed by atoms with Crippen LogP contribution in [-0.4, -0.2) is 44.3 Å². The second kappa shape index (κ2) is 15.6. The highest BCUT2D eigenvalue weighted by molar-refractivity contribution is 7.92. The van der Waals surface area contributed by atoms with E-state index in [9.17, 15) is 26.8 Å². The standard InChI is InChI=1S/C34H34ClF2N3O4S/c1-2-3-20-38-34(42)32(21-25-10-6-4-7-11-25)39(23-26-14-16-27(36)17-15-26)33(41)24-40(28-18-19-31(37)30(35)22-28)45(43,44)29-12-8-5-9-13-29/h4-19,22,32H,2-3,20-21,23-24H2,1H3,(H,38,42). The molecule has 2 amide bonds. The second-order valence-electron chi connectivity index (χ2n) is 10.4. The Morgan fingerprint density at radius 2 is 1.51 bits per heavy atom. The monoisotopic (exact) mass is 653 g/mol. The number of anilines is 1. The van der Waals surface area contributed by atoms with Crippen molar-refractivity contribution in [3.8, 4) is 0 Å². The molecule has 4 aromatic rings. The summed E-state index contributed by atoms with van der Waals surface area (Å²) in [5.41, 5.74) is 1.28. The molecule has 0 fully saturated rings. The van der Waals surface area contributed by atoms with Gasteiger partial charge in [-0.15, -0.1) is 0 Å². The predicted molar refractivity (Wildman–Crippen MR) is 171 cm³/mol. The summed E-state index contributed by atoms with van der Waals surface area (Å²) in [5, 5.41) is 2.58. The summed E-state index contributed by atoms with van der Waals surface area (Å²) in [6.45, 7) is 1.54. The third-order valence-electron chi connectivity index (χ3n) is 7.17. The smallest absolute Gasteiger partial charge is 0.264 e. The van der Waals surface area contributed by atoms with E-state index in [0.29, 0.717) is 12.1 Å². The average molecular weight is 654 g/mol. The highest BCUT2D eigenvalue weighted by Crippen LogP contribution is 2.28. The van der Waals surface area contributed by atoms with Crippen molar-refractivity contribution in [2.24, 2.45) is 0 Å². The summed E-state index contributed by atoms with van der Waals surface area (Å²) in [4.78, 5) is 29.3. The molecule has 0 bridgehead atoms. The van der Waals surface area contributed by atoms with Crippen molar-refractivity contribution in [2.45, 2.75) is 43.7 Å². The molecule has 7 nitrogen and oxygen atoms in total. The van der Waals surface area contributed by atoms with Gasteiger partial charge in [0.2, 0.25) is 11.8 Å². The molecule has 0 heterocycles. The van der Waals surface area contributed by atoms with Crippen molar-refractivity contribution >= 4 is 39.1 Å². The molecule has 1 N–H and O–H groups in total. The molecule has 0 saturated heterocycles. The van der Waals surface area contributed by atoms with Crippen LogP contribution in [0.4, 0.5) is 14.5 Å². The zero-order valence-electron chi connectivity index (χ0n) is 24.7. The van der Waals surface area contributed by atoms with Crippen molar-refractivity contribution < 1.29 is 26.8 Å². The molecule has 0 aromatic heterocycles. The normalized spacial score (nSPS) is 11.9. The van der Waals surface area contributed by atoms with Gasteiger partial charge in [0, 0.05) is 19.5 Å². The molecule has 45 heavy (non-hydrogen) atoms. The Morgan fingerprint density at radius 1 is 0.867 bits per heavy atom. The molecular weight excluding hydrogens is 620 g/mol. The van der Waals surface area contributed by atoms with Gasteiger partial charge < -0.3 is 10.2 Å². The third-order valence-corrected chi connectivity index (χ3v) is 9.25. The van der Waals surface area contributed by atoms with Crippen molar-refractivity contribution in [1.82, 2.24) is 10.2 Å². The third kappa shape index (κ3) is 8.89. The van der Waals surface area contributed by atoms with Crippen molar-refractivity contribution in [3.05, 3.63) is 131 Å². The number of hydrogen-bond donors (Lipinski definition) is 1. The fraction of sp³-hybridized carbons (Fsp3) is 0.235. The van der Waals surface area contributed by atoms with E-state index in [0.717, 1.165) is 34.8 Å². The van der Waals surface area contributed by atoms with Gasteiger partial charge in [-0.2, -0.15) is 0 Å². The van der Waals surface area contributed by atoms with Crippen LogP contribution in [0.5, 0.6) is 0 Å². The summed E-state index contributed by atoms with van der Waals surface area (Å²) >= 11 is 6.04. The Morgan fingerprint density at radius 3 is 2.13 bits per heavy atom. The lowest BCUT2D eigenvalue weighted by molar-refractivity contribution is -0.140. The summed E-state index contributed by atoms with van der Waals surface area (Å²) < 4.78 is 56.7. The van der Waals surface area contributed by atoms with E-state index in [1.807, 2.05) is 37.3 Å². The SMILES string of the molecule is CCCCNC(=O)C(Cc1ccccc1)N(Cc1ccc(F)cc1)C(=O)CN(c1ccc(F)c(Cl)c1)S(=O)(=O)c1ccccc1. The van der Waals surface area contributed by atoms with Crippen LogP contribution in [0.1, 0.15) is 30.9 Å². The Balaban J connectivity index is 1.79. The summed E-state index contributed by atoms with van der Waals surface area (Å²) in [6, 6.07) is 24.5. The fourth-order valence-electron chi connectivity index (χ4n) is 4.74. The molecule has 0 radical (unpaired) electrons. The topological polar surface area (TPSA) is 86.8 Å². The quantitative estimate of drug-likeness (QED) is 0.160. The summed E-state index contributed by atoms with van der Waals surface area (Å²) in [5.74, 6) is -2.34. The first-order valence-electron chi connectivity index (χ1n) is 14.5. The Hall–Kier alpha value is -4.28. The average Bonchev–Trinajstić information content (AvgIpc) is 3.04. The number of nitrogens with one attached hydrogen (secondary N) is 1. The minimum absolute atomic E-state index is 0.0349. The van der Waals surface area contributed by atoms with Crippen molar-refractivity contribution in [2.75, 3.05) is 17.4 Å². The predicted octanol–water partition coefficient (Wildman–Crippen LogP) is 6.37. The van der Waals surface area contributed by atoms with Gasteiger partial charge in [0.1, 0.15) is 24.2 Å². The molecule has 4 rings (SSSR count). The minimum atomic E-state index is -4.36. The van der Waals surface area contributed by atoms with E-state index in [2.05, 4.69) is 5.32 Å². The molecule has 0 aliphatic carbocycles. The molecule has 0 aliphatic rings. The number of carbonyl (C=O) groups is 2. The van der Waals surface area contributed by atoms with Crippen LogP contribution >= 0.6 is 11.6 Å². The molecule has 0 spiro atoms. The lowest BCUT2D eigenvalue weighted by Gasteiger charge is -2.34. The molecule has 0 saturated carbocycles. The maximum atomic E-state index is 14.4. The number of hydrogen-bond acceptors (Lipinski definition) is 4. The molecular formula is C34H34ClF2N3O4S. The van der Waals surface area contributed by atoms with E-state index in [1.165, 1.54) is 47.4 Å². The van der Waals surface area contributed by atoms with Crippen molar-refractivity contribution in [3.63, 3.8) is 0 Å². The number of unbranched alkanes of at least 4 members (excludes halogenated alkanes) is 1. The van der Waals surface area contributed by atoms with Crippen LogP contribution in [0, 0.1) is 11.6 Å². The van der Waals surface area contributed by atoms with Gasteiger partial charge in [-0.25, -0.2) is 17.2 Å². The van der Waals surface area contributed by atoms with Crippen LogP contribution in [0.25, 0.3) is 0 Å². The zero-order chi connectivity index (χ0) is 32.4. The van der Waals surface area contributed by atoms with E-state index in [1.54, 1.807) is 18.2 Å². The van der Waals surface area contributed by atoms with E-state index in [-0.39, 0.29) is 28.6 Å². The highest BCUT2D eigenvalue weighted by atomic mass is 35.5. The lowest BCUT2D eigenvalue weighted by Crippen LogP contribution is -2.53. The summed E-state index contributed by atoms with van der Waals surface area (Å²) in [6.07, 6.45) is 1.71. The zero-order valence-corrected chi connectivity index (χ0v) is 26.3. The van der Waals surface area contributed by atoms with Gasteiger partial charge >= 0.3 is 0 Å². The summed E-state index contributed by atoms with van der Waals surface area (Å²) in [7, 11) is -4.36. The first-order valence-corrected chi connectivity index (χ1v) is 16.3. The first kappa shape index (κ1) is 33.6. The van der Waals surface area contributed by atoms with Gasteiger partial charge in [0.05, 0.1) is 15.6 Å². The number of sulfonamides is 1. The second-order valence-corrected chi connectivity index (χ2v) is 12.7. The Kier molecular flexibility index (Phi) is 11.7. The molecule has 11 heteroatoms. The van der Waals surface area contributed by atoms with Crippen LogP contribution in [0.2, 0.25) is 5.02 Å². The van der Waals surface area contributed by atoms with Crippen LogP contribution in [-0.2, 0) is 32.6 Å². The van der Waals surface area contributed by atoms with E-state index in [4.69, 9.17) is 11.6 Å². The van der Waals surface area contributed by atoms with Crippen LogP contribution in [0.3, 0.4) is 0 Å². The van der Waals surface area contributed by atoms with Gasteiger partial charge in [-0.1, -0.05) is 85.6 Å². The number of rotatable bonds is 14. The van der Waals surface area contributed by atoms with E-state index >= 15 is 0 Å². The number of benzene rings is 4. The van der Waals surface area contributed by atoms with Gasteiger partial charge in [0.15, 0.2) is 0 Å². The van der Waals surface area contributed by atoms with E-state index < -0.39 is 46.1 Å².